The molecule has 3 heterocycles. The Morgan fingerprint density at radius 2 is 2.17 bits per heavy atom. The minimum Gasteiger partial charge on any atom is -0.357 e. The van der Waals surface area contributed by atoms with Crippen molar-refractivity contribution in [2.24, 2.45) is 5.92 Å². The number of thiazole rings is 1. The largest absolute Gasteiger partial charge is 0.357 e. The Morgan fingerprint density at radius 3 is 2.74 bits per heavy atom. The van der Waals surface area contributed by atoms with Gasteiger partial charge in [0.15, 0.2) is 5.13 Å². The molecule has 0 saturated carbocycles. The molecular formula is C16H17N5OS. The number of carbonyl (C=O) groups is 1. The molecule has 2 aromatic rings. The van der Waals surface area contributed by atoms with Crippen molar-refractivity contribution >= 4 is 28.2 Å². The van der Waals surface area contributed by atoms with Crippen LogP contribution in [0.25, 0.3) is 0 Å². The van der Waals surface area contributed by atoms with Gasteiger partial charge >= 0.3 is 0 Å². The van der Waals surface area contributed by atoms with Crippen LogP contribution in [0.3, 0.4) is 0 Å². The van der Waals surface area contributed by atoms with Crippen LogP contribution in [0, 0.1) is 17.2 Å². The Bertz CT molecular complexity index is 699. The maximum Gasteiger partial charge on any atom is 0.231 e. The van der Waals surface area contributed by atoms with Gasteiger partial charge in [-0.2, -0.15) is 5.26 Å². The first-order valence-corrected chi connectivity index (χ1v) is 8.35. The van der Waals surface area contributed by atoms with Crippen molar-refractivity contribution in [2.75, 3.05) is 29.9 Å². The highest BCUT2D eigenvalue weighted by Crippen LogP contribution is 2.25. The Hall–Kier alpha value is -2.46. The maximum absolute atomic E-state index is 12.5. The van der Waals surface area contributed by atoms with E-state index in [-0.39, 0.29) is 11.8 Å². The molecule has 0 radical (unpaired) electrons. The molecule has 1 saturated heterocycles. The van der Waals surface area contributed by atoms with Crippen LogP contribution in [-0.2, 0) is 4.79 Å². The van der Waals surface area contributed by atoms with Crippen molar-refractivity contribution in [1.82, 2.24) is 9.97 Å². The number of nitriles is 1. The van der Waals surface area contributed by atoms with E-state index in [0.29, 0.717) is 5.56 Å². The quantitative estimate of drug-likeness (QED) is 0.865. The fourth-order valence-electron chi connectivity index (χ4n) is 2.74. The summed E-state index contributed by atoms with van der Waals surface area (Å²) < 4.78 is 0. The molecule has 3 rings (SSSR count). The van der Waals surface area contributed by atoms with E-state index >= 15 is 0 Å². The average Bonchev–Trinajstić information content (AvgIpc) is 3.15. The van der Waals surface area contributed by atoms with Crippen molar-refractivity contribution in [3.05, 3.63) is 35.5 Å². The van der Waals surface area contributed by atoms with E-state index in [1.807, 2.05) is 11.4 Å². The molecule has 0 aromatic carbocycles. The van der Waals surface area contributed by atoms with Crippen molar-refractivity contribution in [3.63, 3.8) is 0 Å². The van der Waals surface area contributed by atoms with Crippen LogP contribution in [0.2, 0.25) is 0 Å². The lowest BCUT2D eigenvalue weighted by atomic mass is 9.95. The number of aromatic nitrogens is 2. The predicted molar refractivity (Wildman–Crippen MR) is 89.4 cm³/mol. The lowest BCUT2D eigenvalue weighted by Gasteiger charge is -2.33. The van der Waals surface area contributed by atoms with Crippen LogP contribution in [0.1, 0.15) is 18.4 Å². The summed E-state index contributed by atoms with van der Waals surface area (Å²) in [5, 5.41) is 11.4. The summed E-state index contributed by atoms with van der Waals surface area (Å²) >= 11 is 1.47. The van der Waals surface area contributed by atoms with Gasteiger partial charge in [0.25, 0.3) is 0 Å². The molecule has 0 spiro atoms. The zero-order valence-electron chi connectivity index (χ0n) is 12.8. The number of hydrogen-bond donors (Lipinski definition) is 0. The summed E-state index contributed by atoms with van der Waals surface area (Å²) in [5.74, 6) is 1.02. The molecule has 7 heteroatoms. The summed E-state index contributed by atoms with van der Waals surface area (Å²) in [5.41, 5.74) is 0.559. The van der Waals surface area contributed by atoms with Crippen molar-refractivity contribution in [3.8, 4) is 6.07 Å². The van der Waals surface area contributed by atoms with E-state index in [4.69, 9.17) is 5.26 Å². The predicted octanol–water partition coefficient (Wildman–Crippen LogP) is 2.29. The first-order valence-electron chi connectivity index (χ1n) is 7.47. The number of amides is 1. The number of piperidine rings is 1. The van der Waals surface area contributed by atoms with Gasteiger partial charge in [-0.25, -0.2) is 9.97 Å². The highest BCUT2D eigenvalue weighted by Gasteiger charge is 2.28. The van der Waals surface area contributed by atoms with Gasteiger partial charge in [0.05, 0.1) is 5.56 Å². The van der Waals surface area contributed by atoms with Gasteiger partial charge in [-0.1, -0.05) is 0 Å². The van der Waals surface area contributed by atoms with Gasteiger partial charge in [-0.3, -0.25) is 9.69 Å². The second kappa shape index (κ2) is 6.75. The van der Waals surface area contributed by atoms with E-state index in [1.54, 1.807) is 30.4 Å². The molecule has 0 atom stereocenters. The molecule has 23 heavy (non-hydrogen) atoms. The molecule has 0 bridgehead atoms. The smallest absolute Gasteiger partial charge is 0.231 e. The van der Waals surface area contributed by atoms with E-state index < -0.39 is 0 Å². The van der Waals surface area contributed by atoms with Gasteiger partial charge in [0.2, 0.25) is 5.91 Å². The zero-order valence-corrected chi connectivity index (χ0v) is 13.7. The molecular weight excluding hydrogens is 310 g/mol. The van der Waals surface area contributed by atoms with Crippen LogP contribution in [0.4, 0.5) is 10.9 Å². The van der Waals surface area contributed by atoms with Crippen LogP contribution in [0.15, 0.2) is 29.9 Å². The molecule has 0 aliphatic carbocycles. The third kappa shape index (κ3) is 3.32. The van der Waals surface area contributed by atoms with Crippen LogP contribution in [-0.4, -0.2) is 36.0 Å². The van der Waals surface area contributed by atoms with Gasteiger partial charge in [0.1, 0.15) is 11.9 Å². The molecule has 0 N–H and O–H groups in total. The monoisotopic (exact) mass is 327 g/mol. The van der Waals surface area contributed by atoms with E-state index in [2.05, 4.69) is 20.9 Å². The van der Waals surface area contributed by atoms with Gasteiger partial charge in [-0.15, -0.1) is 11.3 Å². The van der Waals surface area contributed by atoms with Crippen molar-refractivity contribution in [1.29, 1.82) is 5.26 Å². The molecule has 1 aliphatic heterocycles. The molecule has 118 valence electrons. The minimum atomic E-state index is 0.0264. The number of pyridine rings is 1. The first-order chi connectivity index (χ1) is 11.2. The summed E-state index contributed by atoms with van der Waals surface area (Å²) in [7, 11) is 1.79. The number of carbonyl (C=O) groups excluding carboxylic acids is 1. The van der Waals surface area contributed by atoms with Crippen LogP contribution in [0.5, 0.6) is 0 Å². The van der Waals surface area contributed by atoms with Gasteiger partial charge < -0.3 is 4.90 Å². The highest BCUT2D eigenvalue weighted by molar-refractivity contribution is 7.13. The third-order valence-electron chi connectivity index (χ3n) is 4.08. The topological polar surface area (TPSA) is 73.1 Å². The lowest BCUT2D eigenvalue weighted by molar-refractivity contribution is -0.122. The number of nitrogens with zero attached hydrogens (tertiary/aromatic N) is 5. The van der Waals surface area contributed by atoms with Gasteiger partial charge in [-0.05, 0) is 25.0 Å². The molecule has 6 nitrogen and oxygen atoms in total. The van der Waals surface area contributed by atoms with Crippen LogP contribution < -0.4 is 9.80 Å². The first kappa shape index (κ1) is 15.4. The lowest BCUT2D eigenvalue weighted by Crippen LogP contribution is -2.41. The minimum absolute atomic E-state index is 0.0264. The van der Waals surface area contributed by atoms with E-state index in [9.17, 15) is 4.79 Å². The zero-order chi connectivity index (χ0) is 16.2. The standard InChI is InChI=1S/C16H17N5OS/c1-20(16-18-6-9-23-16)15(22)13-4-7-21(8-5-13)14-3-2-12(10-17)11-19-14/h2-3,6,9,11,13H,4-5,7-8H2,1H3. The Morgan fingerprint density at radius 1 is 1.39 bits per heavy atom. The maximum atomic E-state index is 12.5. The fraction of sp³-hybridized carbons (Fsp3) is 0.375. The average molecular weight is 327 g/mol. The summed E-state index contributed by atoms with van der Waals surface area (Å²) in [4.78, 5) is 24.9. The molecule has 1 amide bonds. The molecule has 1 aliphatic rings. The number of anilines is 2. The number of rotatable bonds is 3. The van der Waals surface area contributed by atoms with Crippen LogP contribution >= 0.6 is 11.3 Å². The third-order valence-corrected chi connectivity index (χ3v) is 4.93. The van der Waals surface area contributed by atoms with Gasteiger partial charge in [0, 0.05) is 43.8 Å². The Kier molecular flexibility index (Phi) is 4.53. The SMILES string of the molecule is CN(C(=O)C1CCN(c2ccc(C#N)cn2)CC1)c1nccs1. The second-order valence-corrected chi connectivity index (χ2v) is 6.36. The van der Waals surface area contributed by atoms with E-state index in [0.717, 1.165) is 36.9 Å². The molecule has 1 fully saturated rings. The molecule has 0 unspecified atom stereocenters. The normalized spacial score (nSPS) is 15.2. The Labute approximate surface area is 139 Å². The summed E-state index contributed by atoms with van der Waals surface area (Å²) in [6.07, 6.45) is 4.90. The van der Waals surface area contributed by atoms with Crippen molar-refractivity contribution < 1.29 is 4.79 Å². The highest BCUT2D eigenvalue weighted by atomic mass is 32.1. The number of hydrogen-bond acceptors (Lipinski definition) is 6. The van der Waals surface area contributed by atoms with Crippen molar-refractivity contribution in [2.45, 2.75) is 12.8 Å². The van der Waals surface area contributed by atoms with E-state index in [1.165, 1.54) is 11.3 Å². The Balaban J connectivity index is 1.59. The fourth-order valence-corrected chi connectivity index (χ4v) is 3.36. The summed E-state index contributed by atoms with van der Waals surface area (Å²) in [6.45, 7) is 1.59. The molecule has 2 aromatic heterocycles. The second-order valence-electron chi connectivity index (χ2n) is 5.49. The summed E-state index contributed by atoms with van der Waals surface area (Å²) in [6, 6.07) is 5.71.